The third kappa shape index (κ3) is 3.00. The third-order valence-corrected chi connectivity index (χ3v) is 3.76. The van der Waals surface area contributed by atoms with Crippen LogP contribution in [0.25, 0.3) is 0 Å². The Hall–Kier alpha value is -1.84. The second kappa shape index (κ2) is 6.07. The topological polar surface area (TPSA) is 73.4 Å². The van der Waals surface area contributed by atoms with Crippen molar-refractivity contribution in [2.45, 2.75) is 13.0 Å². The summed E-state index contributed by atoms with van der Waals surface area (Å²) in [6, 6.07) is 6.80. The summed E-state index contributed by atoms with van der Waals surface area (Å²) in [5.74, 6) is 0. The van der Waals surface area contributed by atoms with Crippen LogP contribution in [0.2, 0.25) is 5.02 Å². The fourth-order valence-corrected chi connectivity index (χ4v) is 2.51. The summed E-state index contributed by atoms with van der Waals surface area (Å²) >= 11 is 5.82. The van der Waals surface area contributed by atoms with Gasteiger partial charge in [0.1, 0.15) is 5.69 Å². The molecule has 0 N–H and O–H groups in total. The first-order valence-corrected chi connectivity index (χ1v) is 6.73. The van der Waals surface area contributed by atoms with Gasteiger partial charge in [-0.3, -0.25) is 15.0 Å². The maximum absolute atomic E-state index is 11.1. The Morgan fingerprint density at radius 1 is 1.40 bits per heavy atom. The molecule has 1 aliphatic rings. The van der Waals surface area contributed by atoms with E-state index in [0.717, 1.165) is 0 Å². The first-order chi connectivity index (χ1) is 9.52. The number of benzene rings is 1. The molecule has 0 amide bonds. The summed E-state index contributed by atoms with van der Waals surface area (Å²) in [4.78, 5) is 14.7. The van der Waals surface area contributed by atoms with Crippen molar-refractivity contribution in [3.63, 3.8) is 0 Å². The lowest BCUT2D eigenvalue weighted by atomic mass is 10.2. The Balaban J connectivity index is 2.15. The Morgan fingerprint density at radius 3 is 2.60 bits per heavy atom. The molecule has 1 heterocycles. The number of hydrogen-bond acceptors (Lipinski definition) is 5. The summed E-state index contributed by atoms with van der Waals surface area (Å²) in [7, 11) is 0. The number of rotatable bonds is 3. The molecule has 6 nitrogen and oxygen atoms in total. The zero-order chi connectivity index (χ0) is 14.7. The molecule has 1 fully saturated rings. The van der Waals surface area contributed by atoms with E-state index in [9.17, 15) is 10.1 Å². The van der Waals surface area contributed by atoms with Crippen molar-refractivity contribution in [1.82, 2.24) is 4.90 Å². The maximum Gasteiger partial charge on any atom is 0.294 e. The predicted octanol–water partition coefficient (Wildman–Crippen LogP) is 2.28. The molecule has 1 unspecified atom stereocenters. The number of nitro groups is 1. The van der Waals surface area contributed by atoms with Crippen LogP contribution in [0.15, 0.2) is 18.2 Å². The highest BCUT2D eigenvalue weighted by atomic mass is 35.5. The van der Waals surface area contributed by atoms with Crippen molar-refractivity contribution in [3.05, 3.63) is 33.3 Å². The van der Waals surface area contributed by atoms with Gasteiger partial charge in [-0.1, -0.05) is 11.6 Å². The van der Waals surface area contributed by atoms with Gasteiger partial charge in [-0.15, -0.1) is 0 Å². The molecule has 0 aromatic heterocycles. The fraction of sp³-hybridized carbons (Fsp3) is 0.462. The normalized spacial score (nSPS) is 17.6. The van der Waals surface area contributed by atoms with Gasteiger partial charge in [-0.25, -0.2) is 0 Å². The van der Waals surface area contributed by atoms with Crippen LogP contribution in [0.1, 0.15) is 6.92 Å². The minimum atomic E-state index is -0.411. The van der Waals surface area contributed by atoms with Crippen LogP contribution in [-0.2, 0) is 0 Å². The lowest BCUT2D eigenvalue weighted by Crippen LogP contribution is -2.49. The van der Waals surface area contributed by atoms with Gasteiger partial charge in [0.25, 0.3) is 5.69 Å². The molecule has 1 aromatic carbocycles. The van der Waals surface area contributed by atoms with E-state index in [1.54, 1.807) is 12.1 Å². The molecule has 0 spiro atoms. The zero-order valence-electron chi connectivity index (χ0n) is 11.1. The summed E-state index contributed by atoms with van der Waals surface area (Å²) in [6.45, 7) is 4.62. The molecule has 1 saturated heterocycles. The summed E-state index contributed by atoms with van der Waals surface area (Å²) < 4.78 is 0. The highest BCUT2D eigenvalue weighted by Crippen LogP contribution is 2.31. The van der Waals surface area contributed by atoms with Crippen LogP contribution in [-0.4, -0.2) is 42.0 Å². The van der Waals surface area contributed by atoms with E-state index in [2.05, 4.69) is 11.0 Å². The Bertz CT molecular complexity index is 550. The van der Waals surface area contributed by atoms with E-state index in [-0.39, 0.29) is 11.7 Å². The van der Waals surface area contributed by atoms with E-state index in [1.165, 1.54) is 6.07 Å². The van der Waals surface area contributed by atoms with Gasteiger partial charge in [0, 0.05) is 37.3 Å². The number of nitro benzene ring substituents is 1. The quantitative estimate of drug-likeness (QED) is 0.631. The molecule has 0 bridgehead atoms. The van der Waals surface area contributed by atoms with Crippen molar-refractivity contribution >= 4 is 23.0 Å². The Labute approximate surface area is 122 Å². The fourth-order valence-electron chi connectivity index (χ4n) is 2.34. The zero-order valence-corrected chi connectivity index (χ0v) is 11.9. The largest absolute Gasteiger partial charge is 0.363 e. The summed E-state index contributed by atoms with van der Waals surface area (Å²) in [5, 5.41) is 20.4. The molecule has 106 valence electrons. The minimum absolute atomic E-state index is 0.0271. The molecule has 2 rings (SSSR count). The summed E-state index contributed by atoms with van der Waals surface area (Å²) in [6.07, 6.45) is 0. The van der Waals surface area contributed by atoms with Crippen molar-refractivity contribution < 1.29 is 4.92 Å². The standard InChI is InChI=1S/C13H15ClN4O2/c1-10(9-15)16-4-6-17(7-5-16)12-3-2-11(14)8-13(12)18(19)20/h2-3,8,10H,4-7H2,1H3. The van der Waals surface area contributed by atoms with E-state index in [4.69, 9.17) is 16.9 Å². The number of halogens is 1. The molecule has 0 radical (unpaired) electrons. The van der Waals surface area contributed by atoms with Crippen LogP contribution in [0.5, 0.6) is 0 Å². The van der Waals surface area contributed by atoms with Crippen molar-refractivity contribution in [2.75, 3.05) is 31.1 Å². The second-order valence-electron chi connectivity index (χ2n) is 4.72. The molecule has 7 heteroatoms. The smallest absolute Gasteiger partial charge is 0.294 e. The van der Waals surface area contributed by atoms with E-state index >= 15 is 0 Å². The number of piperazine rings is 1. The Kier molecular flexibility index (Phi) is 4.42. The molecule has 1 aromatic rings. The van der Waals surface area contributed by atoms with Crippen LogP contribution < -0.4 is 4.90 Å². The Morgan fingerprint density at radius 2 is 2.05 bits per heavy atom. The molecule has 20 heavy (non-hydrogen) atoms. The lowest BCUT2D eigenvalue weighted by Gasteiger charge is -2.36. The molecular formula is C13H15ClN4O2. The molecule has 1 atom stereocenters. The van der Waals surface area contributed by atoms with Gasteiger partial charge >= 0.3 is 0 Å². The average Bonchev–Trinajstić information content (AvgIpc) is 2.46. The van der Waals surface area contributed by atoms with E-state index in [1.807, 2.05) is 11.8 Å². The molecule has 0 aliphatic carbocycles. The molecule has 1 aliphatic heterocycles. The third-order valence-electron chi connectivity index (χ3n) is 3.52. The van der Waals surface area contributed by atoms with Crippen LogP contribution in [0, 0.1) is 21.4 Å². The average molecular weight is 295 g/mol. The van der Waals surface area contributed by atoms with Crippen molar-refractivity contribution in [2.24, 2.45) is 0 Å². The number of anilines is 1. The van der Waals surface area contributed by atoms with Gasteiger partial charge in [0.2, 0.25) is 0 Å². The first kappa shape index (κ1) is 14.6. The van der Waals surface area contributed by atoms with Crippen LogP contribution in [0.3, 0.4) is 0 Å². The van der Waals surface area contributed by atoms with Gasteiger partial charge < -0.3 is 4.90 Å². The van der Waals surface area contributed by atoms with Gasteiger partial charge in [-0.05, 0) is 19.1 Å². The highest BCUT2D eigenvalue weighted by Gasteiger charge is 2.25. The SMILES string of the molecule is CC(C#N)N1CCN(c2ccc(Cl)cc2[N+](=O)[O-])CC1. The number of nitriles is 1. The lowest BCUT2D eigenvalue weighted by molar-refractivity contribution is -0.384. The molecule has 0 saturated carbocycles. The van der Waals surface area contributed by atoms with Gasteiger partial charge in [0.05, 0.1) is 17.0 Å². The first-order valence-electron chi connectivity index (χ1n) is 6.35. The van der Waals surface area contributed by atoms with Gasteiger partial charge in [0.15, 0.2) is 0 Å². The number of hydrogen-bond donors (Lipinski definition) is 0. The van der Waals surface area contributed by atoms with Crippen molar-refractivity contribution in [3.8, 4) is 6.07 Å². The van der Waals surface area contributed by atoms with Crippen molar-refractivity contribution in [1.29, 1.82) is 5.26 Å². The van der Waals surface area contributed by atoms with Crippen LogP contribution in [0.4, 0.5) is 11.4 Å². The van der Waals surface area contributed by atoms with Gasteiger partial charge in [-0.2, -0.15) is 5.26 Å². The van der Waals surface area contributed by atoms with E-state index < -0.39 is 4.92 Å². The maximum atomic E-state index is 11.1. The summed E-state index contributed by atoms with van der Waals surface area (Å²) in [5.41, 5.74) is 0.614. The second-order valence-corrected chi connectivity index (χ2v) is 5.15. The number of nitrogens with zero attached hydrogens (tertiary/aromatic N) is 4. The van der Waals surface area contributed by atoms with Crippen LogP contribution >= 0.6 is 11.6 Å². The highest BCUT2D eigenvalue weighted by molar-refractivity contribution is 6.30. The predicted molar refractivity (Wildman–Crippen MR) is 77.0 cm³/mol. The monoisotopic (exact) mass is 294 g/mol. The minimum Gasteiger partial charge on any atom is -0.363 e. The van der Waals surface area contributed by atoms with E-state index in [0.29, 0.717) is 36.9 Å². The molecular weight excluding hydrogens is 280 g/mol.